The number of piperidine rings is 1. The minimum absolute atomic E-state index is 0.206. The second-order valence-corrected chi connectivity index (χ2v) is 8.03. The van der Waals surface area contributed by atoms with Crippen LogP contribution in [0.2, 0.25) is 0 Å². The van der Waals surface area contributed by atoms with Crippen LogP contribution in [-0.4, -0.2) is 25.6 Å². The second-order valence-electron chi connectivity index (χ2n) is 8.03. The summed E-state index contributed by atoms with van der Waals surface area (Å²) >= 11 is 0. The molecule has 1 aromatic heterocycles. The molecule has 4 rings (SSSR count). The van der Waals surface area contributed by atoms with E-state index in [1.807, 2.05) is 31.2 Å². The van der Waals surface area contributed by atoms with Crippen molar-refractivity contribution in [1.29, 1.82) is 0 Å². The van der Waals surface area contributed by atoms with Crippen molar-refractivity contribution in [2.75, 3.05) is 19.7 Å². The summed E-state index contributed by atoms with van der Waals surface area (Å²) in [6.07, 6.45) is 4.05. The van der Waals surface area contributed by atoms with Crippen molar-refractivity contribution in [1.82, 2.24) is 5.32 Å². The number of benzene rings is 2. The molecule has 1 aliphatic rings. The Morgan fingerprint density at radius 2 is 1.77 bits per heavy atom. The number of ether oxygens (including phenoxy) is 1. The minimum atomic E-state index is -0.206. The SMILES string of the molecule is CCOCc1c(C(=O)NCc2ccc(C[NH+]3CCCCC3)cc2)oc2ccccc12. The average molecular weight is 408 g/mol. The van der Waals surface area contributed by atoms with E-state index >= 15 is 0 Å². The predicted octanol–water partition coefficient (Wildman–Crippen LogP) is 3.47. The highest BCUT2D eigenvalue weighted by molar-refractivity contribution is 5.99. The van der Waals surface area contributed by atoms with Crippen LogP contribution in [0.15, 0.2) is 52.9 Å². The van der Waals surface area contributed by atoms with Crippen molar-refractivity contribution in [3.63, 3.8) is 0 Å². The van der Waals surface area contributed by atoms with E-state index in [0.717, 1.165) is 23.1 Å². The van der Waals surface area contributed by atoms with E-state index < -0.39 is 0 Å². The molecule has 2 heterocycles. The number of furan rings is 1. The lowest BCUT2D eigenvalue weighted by Crippen LogP contribution is -3.11. The van der Waals surface area contributed by atoms with E-state index in [4.69, 9.17) is 9.15 Å². The van der Waals surface area contributed by atoms with Crippen LogP contribution >= 0.6 is 0 Å². The number of fused-ring (bicyclic) bond motifs is 1. The molecule has 1 aliphatic heterocycles. The summed E-state index contributed by atoms with van der Waals surface area (Å²) in [7, 11) is 0. The van der Waals surface area contributed by atoms with Gasteiger partial charge in [0.15, 0.2) is 5.76 Å². The van der Waals surface area contributed by atoms with Gasteiger partial charge in [-0.05, 0) is 37.8 Å². The van der Waals surface area contributed by atoms with Crippen molar-refractivity contribution in [3.05, 3.63) is 71.0 Å². The van der Waals surface area contributed by atoms with Crippen molar-refractivity contribution >= 4 is 16.9 Å². The summed E-state index contributed by atoms with van der Waals surface area (Å²) in [4.78, 5) is 14.5. The fraction of sp³-hybridized carbons (Fsp3) is 0.400. The molecule has 1 fully saturated rings. The molecular formula is C25H31N2O3+. The normalized spacial score (nSPS) is 14.8. The zero-order valence-corrected chi connectivity index (χ0v) is 17.7. The number of para-hydroxylation sites is 1. The molecule has 2 aromatic carbocycles. The number of amides is 1. The Morgan fingerprint density at radius 1 is 1.03 bits per heavy atom. The molecule has 30 heavy (non-hydrogen) atoms. The van der Waals surface area contributed by atoms with Gasteiger partial charge in [-0.3, -0.25) is 4.79 Å². The predicted molar refractivity (Wildman–Crippen MR) is 117 cm³/mol. The lowest BCUT2D eigenvalue weighted by atomic mass is 10.1. The topological polar surface area (TPSA) is 55.9 Å². The van der Waals surface area contributed by atoms with Crippen LogP contribution in [-0.2, 0) is 24.4 Å². The fourth-order valence-electron chi connectivity index (χ4n) is 4.18. The first kappa shape index (κ1) is 20.6. The van der Waals surface area contributed by atoms with Gasteiger partial charge in [-0.1, -0.05) is 42.5 Å². The first-order chi connectivity index (χ1) is 14.7. The first-order valence-electron chi connectivity index (χ1n) is 11.0. The van der Waals surface area contributed by atoms with Gasteiger partial charge in [0.25, 0.3) is 5.91 Å². The van der Waals surface area contributed by atoms with Crippen molar-refractivity contribution in [2.45, 2.75) is 45.9 Å². The van der Waals surface area contributed by atoms with Crippen LogP contribution < -0.4 is 10.2 Å². The zero-order valence-electron chi connectivity index (χ0n) is 17.7. The third kappa shape index (κ3) is 4.91. The standard InChI is InChI=1S/C25H30N2O3/c1-2-29-18-22-21-8-4-5-9-23(21)30-24(22)25(28)26-16-19-10-12-20(13-11-19)17-27-14-6-3-7-15-27/h4-5,8-13H,2-3,6-7,14-18H2,1H3,(H,26,28)/p+1. The molecule has 3 aromatic rings. The largest absolute Gasteiger partial charge is 0.451 e. The maximum atomic E-state index is 12.8. The monoisotopic (exact) mass is 407 g/mol. The molecule has 0 atom stereocenters. The van der Waals surface area contributed by atoms with Crippen molar-refractivity contribution < 1.29 is 18.8 Å². The summed E-state index contributed by atoms with van der Waals surface area (Å²) in [5, 5.41) is 3.93. The maximum absolute atomic E-state index is 12.8. The Labute approximate surface area is 178 Å². The van der Waals surface area contributed by atoms with E-state index in [9.17, 15) is 4.79 Å². The van der Waals surface area contributed by atoms with Gasteiger partial charge >= 0.3 is 0 Å². The third-order valence-corrected chi connectivity index (χ3v) is 5.85. The number of hydrogen-bond acceptors (Lipinski definition) is 3. The van der Waals surface area contributed by atoms with Crippen LogP contribution in [0.4, 0.5) is 0 Å². The fourth-order valence-corrected chi connectivity index (χ4v) is 4.18. The van der Waals surface area contributed by atoms with E-state index in [-0.39, 0.29) is 5.91 Å². The Balaban J connectivity index is 1.39. The summed E-state index contributed by atoms with van der Waals surface area (Å²) in [6, 6.07) is 16.3. The lowest BCUT2D eigenvalue weighted by Gasteiger charge is -2.23. The van der Waals surface area contributed by atoms with Crippen LogP contribution in [0.1, 0.15) is 53.4 Å². The van der Waals surface area contributed by atoms with Gasteiger partial charge in [0.05, 0.1) is 19.7 Å². The molecule has 5 nitrogen and oxygen atoms in total. The van der Waals surface area contributed by atoms with Crippen LogP contribution in [0.3, 0.4) is 0 Å². The van der Waals surface area contributed by atoms with Crippen molar-refractivity contribution in [2.24, 2.45) is 0 Å². The average Bonchev–Trinajstić information content (AvgIpc) is 3.16. The summed E-state index contributed by atoms with van der Waals surface area (Å²) in [6.45, 7) is 7.01. The van der Waals surface area contributed by atoms with Gasteiger partial charge in [0, 0.05) is 29.7 Å². The van der Waals surface area contributed by atoms with Gasteiger partial charge in [-0.15, -0.1) is 0 Å². The molecule has 1 amide bonds. The van der Waals surface area contributed by atoms with Gasteiger partial charge in [-0.2, -0.15) is 0 Å². The van der Waals surface area contributed by atoms with Crippen LogP contribution in [0, 0.1) is 0 Å². The summed E-state index contributed by atoms with van der Waals surface area (Å²) in [5.74, 6) is 0.137. The van der Waals surface area contributed by atoms with Crippen LogP contribution in [0.25, 0.3) is 11.0 Å². The third-order valence-electron chi connectivity index (χ3n) is 5.85. The van der Waals surface area contributed by atoms with Gasteiger partial charge < -0.3 is 19.4 Å². The minimum Gasteiger partial charge on any atom is -0.451 e. The molecule has 0 spiro atoms. The van der Waals surface area contributed by atoms with Gasteiger partial charge in [0.2, 0.25) is 0 Å². The number of nitrogens with one attached hydrogen (secondary N) is 2. The molecule has 158 valence electrons. The van der Waals surface area contributed by atoms with E-state index in [1.165, 1.54) is 37.9 Å². The van der Waals surface area contributed by atoms with E-state index in [1.54, 1.807) is 4.90 Å². The molecule has 0 aliphatic carbocycles. The molecule has 0 saturated carbocycles. The summed E-state index contributed by atoms with van der Waals surface area (Å²) < 4.78 is 11.4. The number of hydrogen-bond donors (Lipinski definition) is 2. The molecule has 1 saturated heterocycles. The number of likely N-dealkylation sites (tertiary alicyclic amines) is 1. The molecule has 0 unspecified atom stereocenters. The lowest BCUT2D eigenvalue weighted by molar-refractivity contribution is -0.918. The van der Waals surface area contributed by atoms with Crippen LogP contribution in [0.5, 0.6) is 0 Å². The Morgan fingerprint density at radius 3 is 2.53 bits per heavy atom. The second kappa shape index (κ2) is 9.92. The number of rotatable bonds is 8. The number of carbonyl (C=O) groups excluding carboxylic acids is 1. The highest BCUT2D eigenvalue weighted by Gasteiger charge is 2.20. The molecular weight excluding hydrogens is 376 g/mol. The number of quaternary nitrogens is 1. The molecule has 0 bridgehead atoms. The van der Waals surface area contributed by atoms with E-state index in [2.05, 4.69) is 29.6 Å². The quantitative estimate of drug-likeness (QED) is 0.601. The van der Waals surface area contributed by atoms with Gasteiger partial charge in [0.1, 0.15) is 12.1 Å². The Kier molecular flexibility index (Phi) is 6.82. The maximum Gasteiger partial charge on any atom is 0.287 e. The highest BCUT2D eigenvalue weighted by atomic mass is 16.5. The highest BCUT2D eigenvalue weighted by Crippen LogP contribution is 2.26. The Hall–Kier alpha value is -2.63. The van der Waals surface area contributed by atoms with Gasteiger partial charge in [-0.25, -0.2) is 0 Å². The molecule has 0 radical (unpaired) electrons. The summed E-state index contributed by atoms with van der Waals surface area (Å²) in [5.41, 5.74) is 3.97. The zero-order chi connectivity index (χ0) is 20.8. The first-order valence-corrected chi connectivity index (χ1v) is 11.0. The number of carbonyl (C=O) groups is 1. The smallest absolute Gasteiger partial charge is 0.287 e. The van der Waals surface area contributed by atoms with Crippen molar-refractivity contribution in [3.8, 4) is 0 Å². The van der Waals surface area contributed by atoms with E-state index in [0.29, 0.717) is 31.1 Å². The molecule has 2 N–H and O–H groups in total. The molecule has 5 heteroatoms. The Bertz CT molecular complexity index is 972.